The first kappa shape index (κ1) is 20.4. The first-order valence-corrected chi connectivity index (χ1v) is 10.9. The molecule has 0 radical (unpaired) electrons. The molecule has 1 N–H and O–H groups in total. The van der Waals surface area contributed by atoms with Crippen molar-refractivity contribution in [1.29, 1.82) is 0 Å². The zero-order valence-corrected chi connectivity index (χ0v) is 17.8. The van der Waals surface area contributed by atoms with Crippen LogP contribution in [0.2, 0.25) is 0 Å². The Morgan fingerprint density at radius 1 is 1.19 bits per heavy atom. The molecule has 1 fully saturated rings. The van der Waals surface area contributed by atoms with E-state index in [1.807, 2.05) is 12.1 Å². The molecule has 1 unspecified atom stereocenters. The van der Waals surface area contributed by atoms with Gasteiger partial charge in [-0.05, 0) is 24.5 Å². The van der Waals surface area contributed by atoms with E-state index in [1.165, 1.54) is 18.8 Å². The summed E-state index contributed by atoms with van der Waals surface area (Å²) < 4.78 is 22.8. The van der Waals surface area contributed by atoms with Crippen LogP contribution in [0.4, 0.5) is 4.39 Å². The maximum atomic E-state index is 15.7. The van der Waals surface area contributed by atoms with Gasteiger partial charge in [0.05, 0.1) is 12.5 Å². The number of hydrogen-bond acceptors (Lipinski definition) is 5. The van der Waals surface area contributed by atoms with Crippen LogP contribution in [0.3, 0.4) is 0 Å². The summed E-state index contributed by atoms with van der Waals surface area (Å²) in [4.78, 5) is 17.3. The Kier molecular flexibility index (Phi) is 5.43. The molecule has 7 nitrogen and oxygen atoms in total. The molecule has 0 saturated heterocycles. The summed E-state index contributed by atoms with van der Waals surface area (Å²) in [6, 6.07) is 10.4. The van der Waals surface area contributed by atoms with Gasteiger partial charge in [-0.15, -0.1) is 5.10 Å². The fourth-order valence-corrected chi connectivity index (χ4v) is 4.27. The Morgan fingerprint density at radius 2 is 1.97 bits per heavy atom. The Bertz CT molecular complexity index is 1240. The minimum absolute atomic E-state index is 0.149. The monoisotopic (exact) mass is 433 g/mol. The molecule has 1 atom stereocenters. The highest BCUT2D eigenvalue weighted by molar-refractivity contribution is 5.95. The minimum atomic E-state index is -1.47. The third kappa shape index (κ3) is 4.00. The number of benzene rings is 1. The summed E-state index contributed by atoms with van der Waals surface area (Å²) in [7, 11) is 1.79. The lowest BCUT2D eigenvalue weighted by Gasteiger charge is -2.22. The molecule has 5 rings (SSSR count). The molecule has 1 aromatic carbocycles. The van der Waals surface area contributed by atoms with Crippen molar-refractivity contribution in [3.8, 4) is 11.3 Å². The standard InChI is InChI=1S/C24H24FN5O2/c1-30-14-21(28-29-30)15-7-9-16(10-8-15)22(25)18-13-20(27-19-11-12-32-23(18)19)24(31)26-17-5-3-2-4-6-17/h7-14,17,22H,2-6H2,1H3,(H,26,31). The van der Waals surface area contributed by atoms with Gasteiger partial charge in [0.2, 0.25) is 0 Å². The van der Waals surface area contributed by atoms with Crippen LogP contribution in [-0.4, -0.2) is 31.9 Å². The number of furan rings is 1. The topological polar surface area (TPSA) is 85.8 Å². The SMILES string of the molecule is Cn1cc(-c2ccc(C(F)c3cc(C(=O)NC4CCCCC4)nc4ccoc34)cc2)nn1. The summed E-state index contributed by atoms with van der Waals surface area (Å²) in [6.45, 7) is 0. The van der Waals surface area contributed by atoms with Gasteiger partial charge in [0.15, 0.2) is 11.8 Å². The van der Waals surface area contributed by atoms with Crippen molar-refractivity contribution in [2.45, 2.75) is 44.3 Å². The van der Waals surface area contributed by atoms with Crippen molar-refractivity contribution >= 4 is 17.0 Å². The molecule has 32 heavy (non-hydrogen) atoms. The van der Waals surface area contributed by atoms with Gasteiger partial charge in [0.25, 0.3) is 5.91 Å². The van der Waals surface area contributed by atoms with Gasteiger partial charge in [-0.25, -0.2) is 9.37 Å². The van der Waals surface area contributed by atoms with Gasteiger partial charge in [-0.2, -0.15) is 0 Å². The molecule has 3 heterocycles. The predicted octanol–water partition coefficient (Wildman–Crippen LogP) is 4.74. The molecule has 4 aromatic rings. The Morgan fingerprint density at radius 3 is 2.69 bits per heavy atom. The highest BCUT2D eigenvalue weighted by Crippen LogP contribution is 2.33. The molecule has 1 aliphatic carbocycles. The molecule has 1 aliphatic rings. The second-order valence-electron chi connectivity index (χ2n) is 8.30. The summed E-state index contributed by atoms with van der Waals surface area (Å²) >= 11 is 0. The number of rotatable bonds is 5. The first-order valence-electron chi connectivity index (χ1n) is 10.9. The summed E-state index contributed by atoms with van der Waals surface area (Å²) in [5.41, 5.74) is 3.34. The highest BCUT2D eigenvalue weighted by Gasteiger charge is 2.24. The van der Waals surface area contributed by atoms with Gasteiger partial charge in [-0.1, -0.05) is 48.7 Å². The van der Waals surface area contributed by atoms with Crippen LogP contribution in [0.15, 0.2) is 53.3 Å². The molecule has 1 saturated carbocycles. The van der Waals surface area contributed by atoms with Crippen LogP contribution < -0.4 is 5.32 Å². The van der Waals surface area contributed by atoms with Gasteiger partial charge in [-0.3, -0.25) is 9.48 Å². The number of nitrogens with one attached hydrogen (secondary N) is 1. The maximum absolute atomic E-state index is 15.7. The molecular weight excluding hydrogens is 409 g/mol. The lowest BCUT2D eigenvalue weighted by molar-refractivity contribution is 0.0923. The minimum Gasteiger partial charge on any atom is -0.462 e. The van der Waals surface area contributed by atoms with Crippen molar-refractivity contribution in [3.05, 3.63) is 65.7 Å². The van der Waals surface area contributed by atoms with E-state index in [9.17, 15) is 4.79 Å². The number of aromatic nitrogens is 4. The van der Waals surface area contributed by atoms with Gasteiger partial charge in [0, 0.05) is 30.3 Å². The molecule has 8 heteroatoms. The van der Waals surface area contributed by atoms with Crippen LogP contribution in [-0.2, 0) is 7.05 Å². The number of aryl methyl sites for hydroxylation is 1. The normalized spacial score (nSPS) is 15.7. The van der Waals surface area contributed by atoms with Crippen molar-refractivity contribution in [2.75, 3.05) is 0 Å². The lowest BCUT2D eigenvalue weighted by atomic mass is 9.95. The van der Waals surface area contributed by atoms with E-state index in [0.717, 1.165) is 31.2 Å². The number of halogens is 1. The van der Waals surface area contributed by atoms with E-state index in [1.54, 1.807) is 36.1 Å². The molecule has 1 amide bonds. The summed E-state index contributed by atoms with van der Waals surface area (Å²) in [5.74, 6) is -0.272. The zero-order valence-electron chi connectivity index (χ0n) is 17.8. The molecule has 0 bridgehead atoms. The number of hydrogen-bond donors (Lipinski definition) is 1. The van der Waals surface area contributed by atoms with Crippen LogP contribution in [0.5, 0.6) is 0 Å². The number of pyridine rings is 1. The van der Waals surface area contributed by atoms with Gasteiger partial charge >= 0.3 is 0 Å². The average Bonchev–Trinajstić information content (AvgIpc) is 3.47. The molecule has 3 aromatic heterocycles. The fourth-order valence-electron chi connectivity index (χ4n) is 4.27. The third-order valence-electron chi connectivity index (χ3n) is 5.99. The molecule has 0 spiro atoms. The molecule has 0 aliphatic heterocycles. The van der Waals surface area contributed by atoms with E-state index >= 15 is 4.39 Å². The number of nitrogens with zero attached hydrogens (tertiary/aromatic N) is 4. The number of carbonyl (C=O) groups excluding carboxylic acids is 1. The average molecular weight is 433 g/mol. The lowest BCUT2D eigenvalue weighted by Crippen LogP contribution is -2.36. The van der Waals surface area contributed by atoms with E-state index in [-0.39, 0.29) is 17.6 Å². The Balaban J connectivity index is 1.43. The van der Waals surface area contributed by atoms with Crippen LogP contribution in [0, 0.1) is 0 Å². The fraction of sp³-hybridized carbons (Fsp3) is 0.333. The Hall–Kier alpha value is -3.55. The van der Waals surface area contributed by atoms with Crippen LogP contribution in [0.25, 0.3) is 22.4 Å². The predicted molar refractivity (Wildman–Crippen MR) is 118 cm³/mol. The van der Waals surface area contributed by atoms with E-state index in [4.69, 9.17) is 4.42 Å². The maximum Gasteiger partial charge on any atom is 0.270 e. The second-order valence-corrected chi connectivity index (χ2v) is 8.30. The zero-order chi connectivity index (χ0) is 22.1. The summed E-state index contributed by atoms with van der Waals surface area (Å²) in [6.07, 6.45) is 7.16. The van der Waals surface area contributed by atoms with E-state index in [0.29, 0.717) is 27.9 Å². The molecule has 164 valence electrons. The number of carbonyl (C=O) groups is 1. The molecular formula is C24H24FN5O2. The smallest absolute Gasteiger partial charge is 0.270 e. The third-order valence-corrected chi connectivity index (χ3v) is 5.99. The largest absolute Gasteiger partial charge is 0.462 e. The van der Waals surface area contributed by atoms with E-state index < -0.39 is 6.17 Å². The highest BCUT2D eigenvalue weighted by atomic mass is 19.1. The van der Waals surface area contributed by atoms with Crippen molar-refractivity contribution < 1.29 is 13.6 Å². The van der Waals surface area contributed by atoms with Crippen LogP contribution in [0.1, 0.15) is 59.9 Å². The van der Waals surface area contributed by atoms with Crippen molar-refractivity contribution in [3.63, 3.8) is 0 Å². The van der Waals surface area contributed by atoms with Crippen molar-refractivity contribution in [1.82, 2.24) is 25.3 Å². The van der Waals surface area contributed by atoms with E-state index in [2.05, 4.69) is 20.6 Å². The van der Waals surface area contributed by atoms with Gasteiger partial charge in [0.1, 0.15) is 16.9 Å². The summed E-state index contributed by atoms with van der Waals surface area (Å²) in [5, 5.41) is 11.1. The van der Waals surface area contributed by atoms with Gasteiger partial charge < -0.3 is 9.73 Å². The Labute approximate surface area is 184 Å². The van der Waals surface area contributed by atoms with Crippen molar-refractivity contribution in [2.24, 2.45) is 7.05 Å². The van der Waals surface area contributed by atoms with Crippen LogP contribution >= 0.6 is 0 Å². The first-order chi connectivity index (χ1) is 15.6. The quantitative estimate of drug-likeness (QED) is 0.491. The number of fused-ring (bicyclic) bond motifs is 1. The number of amides is 1. The number of alkyl halides is 1. The second kappa shape index (κ2) is 8.53.